The number of nitro benzene ring substituents is 1. The van der Waals surface area contributed by atoms with Gasteiger partial charge in [0.2, 0.25) is 5.95 Å². The normalized spacial score (nSPS) is 11.8. The van der Waals surface area contributed by atoms with Crippen LogP contribution >= 0.6 is 0 Å². The smallest absolute Gasteiger partial charge is 0.303 e. The number of benzene rings is 1. The molecule has 0 saturated carbocycles. The summed E-state index contributed by atoms with van der Waals surface area (Å²) < 4.78 is 2.97. The molecule has 152 valence electrons. The second-order valence-corrected chi connectivity index (χ2v) is 6.54. The Kier molecular flexibility index (Phi) is 5.57. The lowest BCUT2D eigenvalue weighted by atomic mass is 10.1. The van der Waals surface area contributed by atoms with Gasteiger partial charge in [0.25, 0.3) is 11.2 Å². The maximum atomic E-state index is 12.3. The number of nitrogens with zero attached hydrogens (tertiary/aromatic N) is 5. The molecule has 2 heterocycles. The molecule has 29 heavy (non-hydrogen) atoms. The van der Waals surface area contributed by atoms with E-state index in [1.807, 2.05) is 6.92 Å². The van der Waals surface area contributed by atoms with Crippen molar-refractivity contribution in [2.45, 2.75) is 33.2 Å². The maximum Gasteiger partial charge on any atom is 0.329 e. The molecule has 0 aliphatic carbocycles. The molecule has 3 aromatic rings. The van der Waals surface area contributed by atoms with Crippen LogP contribution in [0.1, 0.15) is 32.3 Å². The Balaban J connectivity index is 2.00. The maximum absolute atomic E-state index is 12.3. The number of aromatic nitrogens is 4. The number of anilines is 1. The molecule has 0 bridgehead atoms. The predicted octanol–water partition coefficient (Wildman–Crippen LogP) is 1.97. The number of fused-ring (bicyclic) bond motifs is 1. The fourth-order valence-electron chi connectivity index (χ4n) is 2.88. The zero-order valence-electron chi connectivity index (χ0n) is 16.3. The van der Waals surface area contributed by atoms with E-state index in [4.69, 9.17) is 0 Å². The minimum absolute atomic E-state index is 0.00369. The van der Waals surface area contributed by atoms with Crippen molar-refractivity contribution in [1.82, 2.24) is 19.1 Å². The molecule has 11 heteroatoms. The van der Waals surface area contributed by atoms with Gasteiger partial charge in [-0.2, -0.15) is 10.1 Å². The van der Waals surface area contributed by atoms with Gasteiger partial charge in [0.05, 0.1) is 10.6 Å². The van der Waals surface area contributed by atoms with Crippen LogP contribution in [0, 0.1) is 10.1 Å². The van der Waals surface area contributed by atoms with Crippen molar-refractivity contribution < 1.29 is 4.92 Å². The van der Waals surface area contributed by atoms with E-state index in [9.17, 15) is 19.7 Å². The Bertz CT molecular complexity index is 1200. The first-order valence-corrected chi connectivity index (χ1v) is 9.08. The Hall–Kier alpha value is -3.76. The topological polar surface area (TPSA) is 140 Å². The van der Waals surface area contributed by atoms with Gasteiger partial charge in [-0.25, -0.2) is 10.2 Å². The molecule has 2 aromatic heterocycles. The number of aromatic amines is 1. The second kappa shape index (κ2) is 8.09. The first kappa shape index (κ1) is 20.0. The average molecular weight is 399 g/mol. The Morgan fingerprint density at radius 1 is 1.31 bits per heavy atom. The summed E-state index contributed by atoms with van der Waals surface area (Å²) in [6, 6.07) is 6.01. The van der Waals surface area contributed by atoms with Gasteiger partial charge in [0.15, 0.2) is 11.2 Å². The minimum Gasteiger partial charge on any atom is -0.303 e. The van der Waals surface area contributed by atoms with Gasteiger partial charge in [-0.05, 0) is 31.0 Å². The molecular formula is C18H21N7O4. The standard InChI is InChI=1S/C18H21N7O4/c1-4-5-10-24-14-15(23(3)18(27)20-16(14)26)19-17(24)22-21-11(2)12-6-8-13(9-7-12)25(28)29/h6-9H,4-5,10H2,1-3H3,(H,19,22)(H,20,26,27). The van der Waals surface area contributed by atoms with E-state index in [1.54, 1.807) is 23.6 Å². The summed E-state index contributed by atoms with van der Waals surface area (Å²) in [7, 11) is 1.53. The number of aryl methyl sites for hydroxylation is 2. The van der Waals surface area contributed by atoms with Gasteiger partial charge in [0, 0.05) is 25.7 Å². The Morgan fingerprint density at radius 2 is 2.00 bits per heavy atom. The van der Waals surface area contributed by atoms with Gasteiger partial charge >= 0.3 is 5.69 Å². The number of hydrogen-bond donors (Lipinski definition) is 2. The van der Waals surface area contributed by atoms with Crippen LogP contribution in [-0.2, 0) is 13.6 Å². The number of nitro groups is 1. The monoisotopic (exact) mass is 399 g/mol. The van der Waals surface area contributed by atoms with E-state index in [2.05, 4.69) is 20.5 Å². The van der Waals surface area contributed by atoms with Crippen molar-refractivity contribution in [2.75, 3.05) is 5.43 Å². The summed E-state index contributed by atoms with van der Waals surface area (Å²) in [5, 5.41) is 15.1. The first-order valence-electron chi connectivity index (χ1n) is 9.08. The molecule has 0 fully saturated rings. The molecule has 11 nitrogen and oxygen atoms in total. The number of non-ortho nitro benzene ring substituents is 1. The Morgan fingerprint density at radius 3 is 2.62 bits per heavy atom. The number of unbranched alkanes of at least 4 members (excludes halogenated alkanes) is 1. The zero-order chi connectivity index (χ0) is 21.1. The second-order valence-electron chi connectivity index (χ2n) is 6.54. The predicted molar refractivity (Wildman–Crippen MR) is 109 cm³/mol. The zero-order valence-corrected chi connectivity index (χ0v) is 16.3. The van der Waals surface area contributed by atoms with Gasteiger partial charge in [0.1, 0.15) is 0 Å². The summed E-state index contributed by atoms with van der Waals surface area (Å²) >= 11 is 0. The van der Waals surface area contributed by atoms with E-state index < -0.39 is 16.2 Å². The summed E-state index contributed by atoms with van der Waals surface area (Å²) in [6.07, 6.45) is 1.72. The number of nitrogens with one attached hydrogen (secondary N) is 2. The molecule has 1 aromatic carbocycles. The molecule has 0 atom stereocenters. The Labute approximate surface area is 164 Å². The fourth-order valence-corrected chi connectivity index (χ4v) is 2.88. The van der Waals surface area contributed by atoms with Crippen LogP contribution in [-0.4, -0.2) is 29.7 Å². The molecular weight excluding hydrogens is 378 g/mol. The molecule has 3 rings (SSSR count). The van der Waals surface area contributed by atoms with Crippen molar-refractivity contribution >= 4 is 28.5 Å². The van der Waals surface area contributed by atoms with Crippen LogP contribution in [0.3, 0.4) is 0 Å². The van der Waals surface area contributed by atoms with Crippen molar-refractivity contribution in [2.24, 2.45) is 12.1 Å². The van der Waals surface area contributed by atoms with Crippen LogP contribution in [0.2, 0.25) is 0 Å². The van der Waals surface area contributed by atoms with E-state index in [0.717, 1.165) is 12.8 Å². The molecule has 0 spiro atoms. The molecule has 0 saturated heterocycles. The number of rotatable bonds is 7. The molecule has 0 radical (unpaired) electrons. The summed E-state index contributed by atoms with van der Waals surface area (Å²) in [5.41, 5.74) is 3.65. The van der Waals surface area contributed by atoms with E-state index >= 15 is 0 Å². The molecule has 0 unspecified atom stereocenters. The van der Waals surface area contributed by atoms with Crippen LogP contribution in [0.5, 0.6) is 0 Å². The summed E-state index contributed by atoms with van der Waals surface area (Å²) in [5.74, 6) is 0.335. The average Bonchev–Trinajstić information content (AvgIpc) is 3.07. The SMILES string of the molecule is CCCCn1c(NN=C(C)c2ccc([N+](=O)[O-])cc2)nc2c1c(=O)[nH]c(=O)n2C. The van der Waals surface area contributed by atoms with Crippen molar-refractivity contribution in [3.05, 3.63) is 60.8 Å². The number of hydrazone groups is 1. The number of H-pyrrole nitrogens is 1. The third kappa shape index (κ3) is 3.93. The highest BCUT2D eigenvalue weighted by Gasteiger charge is 2.17. The third-order valence-electron chi connectivity index (χ3n) is 4.56. The van der Waals surface area contributed by atoms with E-state index in [0.29, 0.717) is 29.3 Å². The van der Waals surface area contributed by atoms with Crippen LogP contribution in [0.25, 0.3) is 11.2 Å². The third-order valence-corrected chi connectivity index (χ3v) is 4.56. The lowest BCUT2D eigenvalue weighted by molar-refractivity contribution is -0.384. The van der Waals surface area contributed by atoms with E-state index in [-0.39, 0.29) is 11.3 Å². The summed E-state index contributed by atoms with van der Waals surface area (Å²) in [4.78, 5) is 41.2. The van der Waals surface area contributed by atoms with Gasteiger partial charge in [-0.3, -0.25) is 24.5 Å². The van der Waals surface area contributed by atoms with Crippen molar-refractivity contribution in [3.63, 3.8) is 0 Å². The quantitative estimate of drug-likeness (QED) is 0.353. The highest BCUT2D eigenvalue weighted by molar-refractivity contribution is 5.99. The van der Waals surface area contributed by atoms with Gasteiger partial charge in [-0.15, -0.1) is 0 Å². The van der Waals surface area contributed by atoms with Crippen molar-refractivity contribution in [1.29, 1.82) is 0 Å². The highest BCUT2D eigenvalue weighted by Crippen LogP contribution is 2.17. The first-order chi connectivity index (χ1) is 13.8. The summed E-state index contributed by atoms with van der Waals surface area (Å²) in [6.45, 7) is 4.31. The minimum atomic E-state index is -0.542. The molecule has 0 aliphatic heterocycles. The molecule has 2 N–H and O–H groups in total. The van der Waals surface area contributed by atoms with Gasteiger partial charge in [-0.1, -0.05) is 13.3 Å². The molecule has 0 aliphatic rings. The van der Waals surface area contributed by atoms with Crippen LogP contribution < -0.4 is 16.7 Å². The molecule has 0 amide bonds. The highest BCUT2D eigenvalue weighted by atomic mass is 16.6. The lowest BCUT2D eigenvalue weighted by Gasteiger charge is -2.08. The van der Waals surface area contributed by atoms with E-state index in [1.165, 1.54) is 23.7 Å². The number of imidazole rings is 1. The number of hydrogen-bond acceptors (Lipinski definition) is 7. The van der Waals surface area contributed by atoms with Crippen molar-refractivity contribution in [3.8, 4) is 0 Å². The van der Waals surface area contributed by atoms with Crippen LogP contribution in [0.4, 0.5) is 11.6 Å². The lowest BCUT2D eigenvalue weighted by Crippen LogP contribution is -2.29. The fraction of sp³-hybridized carbons (Fsp3) is 0.333. The largest absolute Gasteiger partial charge is 0.329 e. The van der Waals surface area contributed by atoms with Crippen LogP contribution in [0.15, 0.2) is 39.0 Å². The van der Waals surface area contributed by atoms with Gasteiger partial charge < -0.3 is 4.57 Å².